The summed E-state index contributed by atoms with van der Waals surface area (Å²) in [5, 5.41) is 12.3. The molecule has 0 aliphatic heterocycles. The first-order chi connectivity index (χ1) is 10.6. The smallest absolute Gasteiger partial charge is 0.258 e. The standard InChI is InChI=1S/C17H11ClN2O2/c18-16-10-9-15(20(21)22)11-13(16)6-8-14-7-5-12-3-1-2-4-17(12)19-14/h1-11H. The molecule has 2 aromatic carbocycles. The molecule has 0 saturated carbocycles. The normalized spacial score (nSPS) is 11.1. The first kappa shape index (κ1) is 14.2. The van der Waals surface area contributed by atoms with Crippen LogP contribution in [0, 0.1) is 10.1 Å². The summed E-state index contributed by atoms with van der Waals surface area (Å²) in [7, 11) is 0. The number of halogens is 1. The monoisotopic (exact) mass is 310 g/mol. The van der Waals surface area contributed by atoms with Crippen LogP contribution in [0.25, 0.3) is 23.1 Å². The second-order valence-electron chi connectivity index (χ2n) is 4.73. The number of para-hydroxylation sites is 1. The van der Waals surface area contributed by atoms with Gasteiger partial charge in [-0.25, -0.2) is 4.98 Å². The van der Waals surface area contributed by atoms with Gasteiger partial charge in [-0.15, -0.1) is 0 Å². The molecular weight excluding hydrogens is 300 g/mol. The van der Waals surface area contributed by atoms with Crippen LogP contribution < -0.4 is 0 Å². The topological polar surface area (TPSA) is 56.0 Å². The molecule has 0 bridgehead atoms. The molecule has 0 aliphatic carbocycles. The van der Waals surface area contributed by atoms with Crippen molar-refractivity contribution in [3.8, 4) is 0 Å². The quantitative estimate of drug-likeness (QED) is 0.507. The largest absolute Gasteiger partial charge is 0.270 e. The maximum atomic E-state index is 10.8. The van der Waals surface area contributed by atoms with Gasteiger partial charge in [0.2, 0.25) is 0 Å². The van der Waals surface area contributed by atoms with Crippen LogP contribution in [-0.2, 0) is 0 Å². The van der Waals surface area contributed by atoms with Gasteiger partial charge in [0, 0.05) is 22.5 Å². The number of hydrogen-bond acceptors (Lipinski definition) is 3. The molecule has 0 saturated heterocycles. The van der Waals surface area contributed by atoms with Gasteiger partial charge in [0.1, 0.15) is 0 Å². The Morgan fingerprint density at radius 2 is 1.86 bits per heavy atom. The van der Waals surface area contributed by atoms with Crippen LogP contribution >= 0.6 is 11.6 Å². The molecule has 0 amide bonds. The summed E-state index contributed by atoms with van der Waals surface area (Å²) in [5.74, 6) is 0. The lowest BCUT2D eigenvalue weighted by molar-refractivity contribution is -0.384. The Hall–Kier alpha value is -2.72. The van der Waals surface area contributed by atoms with E-state index in [1.165, 1.54) is 18.2 Å². The maximum absolute atomic E-state index is 10.8. The predicted molar refractivity (Wildman–Crippen MR) is 88.8 cm³/mol. The lowest BCUT2D eigenvalue weighted by Gasteiger charge is -2.00. The molecular formula is C17H11ClN2O2. The van der Waals surface area contributed by atoms with Crippen molar-refractivity contribution in [1.82, 2.24) is 4.98 Å². The van der Waals surface area contributed by atoms with Gasteiger partial charge in [0.05, 0.1) is 16.1 Å². The lowest BCUT2D eigenvalue weighted by atomic mass is 10.1. The molecule has 0 aliphatic rings. The molecule has 4 nitrogen and oxygen atoms in total. The fourth-order valence-corrected chi connectivity index (χ4v) is 2.30. The van der Waals surface area contributed by atoms with Crippen molar-refractivity contribution in [3.05, 3.63) is 81.0 Å². The Morgan fingerprint density at radius 3 is 2.68 bits per heavy atom. The summed E-state index contributed by atoms with van der Waals surface area (Å²) in [6.07, 6.45) is 3.52. The number of nitrogens with zero attached hydrogens (tertiary/aromatic N) is 2. The van der Waals surface area contributed by atoms with E-state index in [0.29, 0.717) is 10.6 Å². The summed E-state index contributed by atoms with van der Waals surface area (Å²) in [6, 6.07) is 16.0. The highest BCUT2D eigenvalue weighted by Gasteiger charge is 2.07. The highest BCUT2D eigenvalue weighted by molar-refractivity contribution is 6.32. The van der Waals surface area contributed by atoms with Crippen LogP contribution in [0.3, 0.4) is 0 Å². The Morgan fingerprint density at radius 1 is 1.05 bits per heavy atom. The highest BCUT2D eigenvalue weighted by atomic mass is 35.5. The first-order valence-corrected chi connectivity index (χ1v) is 6.99. The number of pyridine rings is 1. The van der Waals surface area contributed by atoms with Gasteiger partial charge < -0.3 is 0 Å². The molecule has 0 N–H and O–H groups in total. The molecule has 1 aromatic heterocycles. The lowest BCUT2D eigenvalue weighted by Crippen LogP contribution is -1.88. The van der Waals surface area contributed by atoms with Gasteiger partial charge in [-0.3, -0.25) is 10.1 Å². The zero-order valence-corrected chi connectivity index (χ0v) is 12.2. The van der Waals surface area contributed by atoms with Crippen LogP contribution in [0.15, 0.2) is 54.6 Å². The van der Waals surface area contributed by atoms with Crippen LogP contribution in [0.5, 0.6) is 0 Å². The average Bonchev–Trinajstić information content (AvgIpc) is 2.53. The number of non-ortho nitro benzene ring substituents is 1. The predicted octanol–water partition coefficient (Wildman–Crippen LogP) is 4.97. The van der Waals surface area contributed by atoms with Crippen molar-refractivity contribution >= 4 is 40.3 Å². The Kier molecular flexibility index (Phi) is 3.85. The molecule has 0 unspecified atom stereocenters. The van der Waals surface area contributed by atoms with Crippen LogP contribution in [0.2, 0.25) is 5.02 Å². The number of hydrogen-bond donors (Lipinski definition) is 0. The van der Waals surface area contributed by atoms with Crippen LogP contribution in [0.1, 0.15) is 11.3 Å². The minimum Gasteiger partial charge on any atom is -0.258 e. The summed E-state index contributed by atoms with van der Waals surface area (Å²) < 4.78 is 0. The fraction of sp³-hybridized carbons (Fsp3) is 0. The third kappa shape index (κ3) is 2.97. The second-order valence-corrected chi connectivity index (χ2v) is 5.13. The summed E-state index contributed by atoms with van der Waals surface area (Å²) in [6.45, 7) is 0. The molecule has 3 aromatic rings. The zero-order valence-electron chi connectivity index (χ0n) is 11.4. The maximum Gasteiger partial charge on any atom is 0.270 e. The third-order valence-corrected chi connectivity index (χ3v) is 3.59. The number of rotatable bonds is 3. The van der Waals surface area contributed by atoms with Gasteiger partial charge in [-0.1, -0.05) is 41.9 Å². The molecule has 0 atom stereocenters. The number of nitro groups is 1. The van der Waals surface area contributed by atoms with Gasteiger partial charge >= 0.3 is 0 Å². The summed E-state index contributed by atoms with van der Waals surface area (Å²) in [4.78, 5) is 14.9. The molecule has 108 valence electrons. The van der Waals surface area contributed by atoms with Gasteiger partial charge in [0.25, 0.3) is 5.69 Å². The van der Waals surface area contributed by atoms with E-state index in [0.717, 1.165) is 16.6 Å². The van der Waals surface area contributed by atoms with E-state index in [1.54, 1.807) is 12.2 Å². The minimum atomic E-state index is -0.443. The van der Waals surface area contributed by atoms with Crippen LogP contribution in [-0.4, -0.2) is 9.91 Å². The number of aromatic nitrogens is 1. The molecule has 0 radical (unpaired) electrons. The molecule has 1 heterocycles. The molecule has 5 heteroatoms. The van der Waals surface area contributed by atoms with E-state index in [9.17, 15) is 10.1 Å². The van der Waals surface area contributed by atoms with E-state index in [1.807, 2.05) is 36.4 Å². The van der Waals surface area contributed by atoms with Crippen LogP contribution in [0.4, 0.5) is 5.69 Å². The van der Waals surface area contributed by atoms with Crippen molar-refractivity contribution in [3.63, 3.8) is 0 Å². The first-order valence-electron chi connectivity index (χ1n) is 6.61. The van der Waals surface area contributed by atoms with Crippen molar-refractivity contribution < 1.29 is 4.92 Å². The third-order valence-electron chi connectivity index (χ3n) is 3.24. The minimum absolute atomic E-state index is 0.00974. The van der Waals surface area contributed by atoms with E-state index >= 15 is 0 Å². The fourth-order valence-electron chi connectivity index (χ4n) is 2.12. The molecule has 22 heavy (non-hydrogen) atoms. The number of benzene rings is 2. The Balaban J connectivity index is 1.95. The zero-order chi connectivity index (χ0) is 15.5. The van der Waals surface area contributed by atoms with Crippen molar-refractivity contribution in [2.75, 3.05) is 0 Å². The van der Waals surface area contributed by atoms with Crippen molar-refractivity contribution in [2.24, 2.45) is 0 Å². The molecule has 0 spiro atoms. The molecule has 3 rings (SSSR count). The van der Waals surface area contributed by atoms with Crippen molar-refractivity contribution in [2.45, 2.75) is 0 Å². The van der Waals surface area contributed by atoms with E-state index in [4.69, 9.17) is 11.6 Å². The van der Waals surface area contributed by atoms with Gasteiger partial charge in [-0.2, -0.15) is 0 Å². The Bertz CT molecular complexity index is 891. The van der Waals surface area contributed by atoms with Gasteiger partial charge in [0.15, 0.2) is 0 Å². The van der Waals surface area contributed by atoms with E-state index < -0.39 is 4.92 Å². The van der Waals surface area contributed by atoms with Crippen molar-refractivity contribution in [1.29, 1.82) is 0 Å². The van der Waals surface area contributed by atoms with E-state index in [-0.39, 0.29) is 5.69 Å². The number of fused-ring (bicyclic) bond motifs is 1. The summed E-state index contributed by atoms with van der Waals surface area (Å²) >= 11 is 6.07. The Labute approximate surface area is 131 Å². The number of nitro benzene ring substituents is 1. The molecule has 0 fully saturated rings. The van der Waals surface area contributed by atoms with E-state index in [2.05, 4.69) is 4.98 Å². The highest BCUT2D eigenvalue weighted by Crippen LogP contribution is 2.24. The van der Waals surface area contributed by atoms with Gasteiger partial charge in [-0.05, 0) is 29.8 Å². The SMILES string of the molecule is O=[N+]([O-])c1ccc(Cl)c(C=Cc2ccc3ccccc3n2)c1. The average molecular weight is 311 g/mol. The summed E-state index contributed by atoms with van der Waals surface area (Å²) in [5.41, 5.74) is 2.26. The second kappa shape index (κ2) is 5.95.